The van der Waals surface area contributed by atoms with Gasteiger partial charge in [-0.05, 0) is 49.4 Å². The molecular formula is C24H27NO4. The van der Waals surface area contributed by atoms with E-state index in [0.29, 0.717) is 31.9 Å². The van der Waals surface area contributed by atoms with E-state index < -0.39 is 0 Å². The van der Waals surface area contributed by atoms with Gasteiger partial charge in [0.05, 0.1) is 13.2 Å². The first-order valence-electron chi connectivity index (χ1n) is 9.97. The average molecular weight is 393 g/mol. The number of fused-ring (bicyclic) bond motifs is 1. The van der Waals surface area contributed by atoms with Crippen LogP contribution in [0.2, 0.25) is 0 Å². The number of ether oxygens (including phenoxy) is 3. The van der Waals surface area contributed by atoms with Crippen molar-refractivity contribution in [2.24, 2.45) is 0 Å². The van der Waals surface area contributed by atoms with Crippen LogP contribution in [0, 0.1) is 0 Å². The van der Waals surface area contributed by atoms with E-state index in [2.05, 4.69) is 5.32 Å². The van der Waals surface area contributed by atoms with Gasteiger partial charge in [-0.15, -0.1) is 0 Å². The fourth-order valence-electron chi connectivity index (χ4n) is 3.11. The van der Waals surface area contributed by atoms with Crippen LogP contribution in [0.5, 0.6) is 17.2 Å². The second kappa shape index (κ2) is 10.4. The first-order chi connectivity index (χ1) is 14.2. The van der Waals surface area contributed by atoms with E-state index >= 15 is 0 Å². The molecule has 0 fully saturated rings. The number of amides is 1. The van der Waals surface area contributed by atoms with Gasteiger partial charge in [-0.25, -0.2) is 0 Å². The molecule has 0 radical (unpaired) electrons. The summed E-state index contributed by atoms with van der Waals surface area (Å²) in [4.78, 5) is 12.2. The highest BCUT2D eigenvalue weighted by atomic mass is 16.5. The Morgan fingerprint density at radius 1 is 0.828 bits per heavy atom. The topological polar surface area (TPSA) is 56.8 Å². The van der Waals surface area contributed by atoms with Crippen LogP contribution < -0.4 is 19.5 Å². The van der Waals surface area contributed by atoms with Crippen LogP contribution in [0.4, 0.5) is 0 Å². The quantitative estimate of drug-likeness (QED) is 0.556. The second-order valence-corrected chi connectivity index (χ2v) is 6.51. The highest BCUT2D eigenvalue weighted by Gasteiger charge is 2.08. The zero-order chi connectivity index (χ0) is 20.5. The van der Waals surface area contributed by atoms with Crippen molar-refractivity contribution in [1.82, 2.24) is 5.32 Å². The molecule has 0 saturated heterocycles. The maximum absolute atomic E-state index is 12.2. The molecular weight excluding hydrogens is 366 g/mol. The first kappa shape index (κ1) is 20.5. The molecule has 0 spiro atoms. The fourth-order valence-corrected chi connectivity index (χ4v) is 3.11. The molecule has 0 aliphatic carbocycles. The van der Waals surface area contributed by atoms with Crippen molar-refractivity contribution < 1.29 is 19.0 Å². The van der Waals surface area contributed by atoms with E-state index in [1.165, 1.54) is 0 Å². The molecule has 0 unspecified atom stereocenters. The summed E-state index contributed by atoms with van der Waals surface area (Å²) >= 11 is 0. The Hall–Kier alpha value is -3.21. The molecule has 0 heterocycles. The molecule has 5 nitrogen and oxygen atoms in total. The molecule has 0 bridgehead atoms. The van der Waals surface area contributed by atoms with Gasteiger partial charge in [0.25, 0.3) is 5.91 Å². The van der Waals surface area contributed by atoms with Gasteiger partial charge in [-0.2, -0.15) is 0 Å². The van der Waals surface area contributed by atoms with Gasteiger partial charge in [0.1, 0.15) is 5.75 Å². The minimum atomic E-state index is -0.145. The predicted molar refractivity (Wildman–Crippen MR) is 115 cm³/mol. The van der Waals surface area contributed by atoms with Crippen molar-refractivity contribution in [1.29, 1.82) is 0 Å². The van der Waals surface area contributed by atoms with Gasteiger partial charge in [-0.1, -0.05) is 42.5 Å². The lowest BCUT2D eigenvalue weighted by atomic mass is 10.1. The lowest BCUT2D eigenvalue weighted by Gasteiger charge is -2.13. The van der Waals surface area contributed by atoms with Crippen LogP contribution in [0.3, 0.4) is 0 Å². The highest BCUT2D eigenvalue weighted by molar-refractivity contribution is 5.88. The van der Waals surface area contributed by atoms with Gasteiger partial charge in [0, 0.05) is 11.9 Å². The first-order valence-corrected chi connectivity index (χ1v) is 9.97. The third-order valence-corrected chi connectivity index (χ3v) is 4.45. The summed E-state index contributed by atoms with van der Waals surface area (Å²) in [6.07, 6.45) is 0.701. The van der Waals surface area contributed by atoms with Gasteiger partial charge in [-0.3, -0.25) is 4.79 Å². The molecule has 0 aliphatic heterocycles. The van der Waals surface area contributed by atoms with Crippen molar-refractivity contribution in [2.75, 3.05) is 26.4 Å². The number of carbonyl (C=O) groups excluding carboxylic acids is 1. The minimum Gasteiger partial charge on any atom is -0.490 e. The Balaban J connectivity index is 1.50. The number of benzene rings is 3. The summed E-state index contributed by atoms with van der Waals surface area (Å²) in [5.74, 6) is 2.04. The smallest absolute Gasteiger partial charge is 0.257 e. The lowest BCUT2D eigenvalue weighted by Crippen LogP contribution is -2.30. The molecule has 0 atom stereocenters. The molecule has 1 N–H and O–H groups in total. The number of rotatable bonds is 10. The van der Waals surface area contributed by atoms with Crippen molar-refractivity contribution in [2.45, 2.75) is 20.3 Å². The Morgan fingerprint density at radius 3 is 2.41 bits per heavy atom. The molecule has 0 saturated carbocycles. The molecule has 152 valence electrons. The number of carbonyl (C=O) groups is 1. The van der Waals surface area contributed by atoms with E-state index in [0.717, 1.165) is 27.8 Å². The summed E-state index contributed by atoms with van der Waals surface area (Å²) in [5.41, 5.74) is 1.08. The van der Waals surface area contributed by atoms with Crippen LogP contribution in [0.15, 0.2) is 60.7 Å². The fraction of sp³-hybridized carbons (Fsp3) is 0.292. The molecule has 3 aromatic carbocycles. The normalized spacial score (nSPS) is 10.6. The Labute approximate surface area is 171 Å². The van der Waals surface area contributed by atoms with Crippen LogP contribution in [0.25, 0.3) is 10.8 Å². The predicted octanol–water partition coefficient (Wildman–Crippen LogP) is 4.37. The standard InChI is InChI=1S/C24H27NO4/c1-3-27-22-13-12-18(16-23(22)28-4-2)14-15-25-24(26)17-29-21-11-7-9-19-8-5-6-10-20(19)21/h5-13,16H,3-4,14-15,17H2,1-2H3,(H,25,26). The summed E-state index contributed by atoms with van der Waals surface area (Å²) < 4.78 is 17.0. The zero-order valence-electron chi connectivity index (χ0n) is 16.9. The molecule has 3 aromatic rings. The Kier molecular flexibility index (Phi) is 7.34. The lowest BCUT2D eigenvalue weighted by molar-refractivity contribution is -0.123. The maximum Gasteiger partial charge on any atom is 0.257 e. The van der Waals surface area contributed by atoms with Crippen molar-refractivity contribution in [3.63, 3.8) is 0 Å². The van der Waals surface area contributed by atoms with Crippen LogP contribution >= 0.6 is 0 Å². The number of hydrogen-bond acceptors (Lipinski definition) is 4. The van der Waals surface area contributed by atoms with E-state index in [4.69, 9.17) is 14.2 Å². The number of hydrogen-bond donors (Lipinski definition) is 1. The van der Waals surface area contributed by atoms with Crippen LogP contribution in [0.1, 0.15) is 19.4 Å². The molecule has 5 heteroatoms. The van der Waals surface area contributed by atoms with Crippen LogP contribution in [-0.4, -0.2) is 32.3 Å². The molecule has 0 aliphatic rings. The van der Waals surface area contributed by atoms with E-state index in [1.54, 1.807) is 0 Å². The van der Waals surface area contributed by atoms with Gasteiger partial charge >= 0.3 is 0 Å². The Morgan fingerprint density at radius 2 is 1.59 bits per heavy atom. The van der Waals surface area contributed by atoms with Crippen LogP contribution in [-0.2, 0) is 11.2 Å². The molecule has 3 rings (SSSR count). The SMILES string of the molecule is CCOc1ccc(CCNC(=O)COc2cccc3ccccc23)cc1OCC. The molecule has 29 heavy (non-hydrogen) atoms. The van der Waals surface area contributed by atoms with Gasteiger partial charge in [0.2, 0.25) is 0 Å². The van der Waals surface area contributed by atoms with Gasteiger partial charge in [0.15, 0.2) is 18.1 Å². The monoisotopic (exact) mass is 393 g/mol. The summed E-state index contributed by atoms with van der Waals surface area (Å²) in [7, 11) is 0. The summed E-state index contributed by atoms with van der Waals surface area (Å²) in [5, 5.41) is 4.99. The van der Waals surface area contributed by atoms with Crippen molar-refractivity contribution in [3.8, 4) is 17.2 Å². The van der Waals surface area contributed by atoms with E-state index in [9.17, 15) is 4.79 Å². The number of nitrogens with one attached hydrogen (secondary N) is 1. The van der Waals surface area contributed by atoms with Crippen molar-refractivity contribution >= 4 is 16.7 Å². The van der Waals surface area contributed by atoms with Crippen molar-refractivity contribution in [3.05, 3.63) is 66.2 Å². The minimum absolute atomic E-state index is 0.0124. The second-order valence-electron chi connectivity index (χ2n) is 6.51. The zero-order valence-corrected chi connectivity index (χ0v) is 16.9. The largest absolute Gasteiger partial charge is 0.490 e. The van der Waals surface area contributed by atoms with E-state index in [1.807, 2.05) is 74.5 Å². The highest BCUT2D eigenvalue weighted by Crippen LogP contribution is 2.28. The summed E-state index contributed by atoms with van der Waals surface area (Å²) in [6.45, 7) is 5.56. The average Bonchev–Trinajstić information content (AvgIpc) is 2.74. The molecule has 0 aromatic heterocycles. The third-order valence-electron chi connectivity index (χ3n) is 4.45. The third kappa shape index (κ3) is 5.64. The Bertz CT molecular complexity index is 949. The maximum atomic E-state index is 12.2. The summed E-state index contributed by atoms with van der Waals surface area (Å²) in [6, 6.07) is 19.7. The van der Waals surface area contributed by atoms with E-state index in [-0.39, 0.29) is 12.5 Å². The molecule has 1 amide bonds. The van der Waals surface area contributed by atoms with Gasteiger partial charge < -0.3 is 19.5 Å².